The van der Waals surface area contributed by atoms with Gasteiger partial charge in [0, 0.05) is 12.1 Å². The summed E-state index contributed by atoms with van der Waals surface area (Å²) in [4.78, 5) is 3.26. The van der Waals surface area contributed by atoms with Gasteiger partial charge < -0.3 is 15.6 Å². The highest BCUT2D eigenvalue weighted by Crippen LogP contribution is 2.32. The fourth-order valence-corrected chi connectivity index (χ4v) is 1.25. The maximum Gasteiger partial charge on any atom is 0.574 e. The molecule has 4 nitrogen and oxygen atoms in total. The molecule has 18 heavy (non-hydrogen) atoms. The van der Waals surface area contributed by atoms with E-state index in [-0.39, 0.29) is 17.8 Å². The number of aliphatic hydroxyl groups excluding tert-OH is 1. The molecule has 0 aliphatic carbocycles. The van der Waals surface area contributed by atoms with Crippen molar-refractivity contribution in [3.05, 3.63) is 22.9 Å². The van der Waals surface area contributed by atoms with E-state index in [0.717, 1.165) is 0 Å². The smallest absolute Gasteiger partial charge is 0.392 e. The van der Waals surface area contributed by atoms with Crippen LogP contribution < -0.4 is 10.5 Å². The predicted octanol–water partition coefficient (Wildman–Crippen LogP) is 1.87. The van der Waals surface area contributed by atoms with Gasteiger partial charge in [-0.25, -0.2) is 13.8 Å². The Labute approximate surface area is 98.2 Å². The lowest BCUT2D eigenvalue weighted by atomic mass is 10.1. The van der Waals surface area contributed by atoms with Crippen LogP contribution in [0.25, 0.3) is 0 Å². The first-order chi connectivity index (χ1) is 8.28. The Morgan fingerprint density at radius 1 is 1.39 bits per heavy atom. The van der Waals surface area contributed by atoms with Crippen LogP contribution >= 0.6 is 0 Å². The van der Waals surface area contributed by atoms with Gasteiger partial charge in [0.1, 0.15) is 0 Å². The lowest BCUT2D eigenvalue weighted by molar-refractivity contribution is -0.276. The molecule has 0 amide bonds. The number of nitrogens with two attached hydrogens (primary N) is 1. The van der Waals surface area contributed by atoms with Crippen LogP contribution in [0.3, 0.4) is 0 Å². The molecule has 0 bridgehead atoms. The summed E-state index contributed by atoms with van der Waals surface area (Å²) in [6.07, 6.45) is -8.35. The fraction of sp³-hybridized carbons (Fsp3) is 0.444. The van der Waals surface area contributed by atoms with Crippen LogP contribution in [0.1, 0.15) is 23.2 Å². The Kier molecular flexibility index (Phi) is 4.41. The maximum absolute atomic E-state index is 12.6. The summed E-state index contributed by atoms with van der Waals surface area (Å²) >= 11 is 0. The topological polar surface area (TPSA) is 68.4 Å². The van der Waals surface area contributed by atoms with Gasteiger partial charge in [-0.15, -0.1) is 13.2 Å². The molecule has 0 unspecified atom stereocenters. The van der Waals surface area contributed by atoms with Crippen LogP contribution in [0.15, 0.2) is 6.07 Å². The van der Waals surface area contributed by atoms with Gasteiger partial charge in [0.05, 0.1) is 17.9 Å². The van der Waals surface area contributed by atoms with Gasteiger partial charge >= 0.3 is 6.36 Å². The van der Waals surface area contributed by atoms with Crippen molar-refractivity contribution in [2.75, 3.05) is 0 Å². The van der Waals surface area contributed by atoms with Crippen LogP contribution in [0, 0.1) is 0 Å². The third kappa shape index (κ3) is 3.50. The number of nitrogens with zero attached hydrogens (tertiary/aromatic N) is 1. The molecule has 1 rings (SSSR count). The number of hydrogen-bond donors (Lipinski definition) is 2. The second kappa shape index (κ2) is 5.44. The Morgan fingerprint density at radius 2 is 2.00 bits per heavy atom. The van der Waals surface area contributed by atoms with Crippen LogP contribution in [-0.2, 0) is 13.2 Å². The summed E-state index contributed by atoms with van der Waals surface area (Å²) < 4.78 is 64.6. The van der Waals surface area contributed by atoms with Gasteiger partial charge in [-0.1, -0.05) is 0 Å². The van der Waals surface area contributed by atoms with Gasteiger partial charge in [0.25, 0.3) is 6.43 Å². The molecular weight excluding hydrogens is 263 g/mol. The molecule has 0 fully saturated rings. The van der Waals surface area contributed by atoms with E-state index in [1.54, 1.807) is 0 Å². The minimum absolute atomic E-state index is 0.0673. The molecule has 0 spiro atoms. The van der Waals surface area contributed by atoms with Gasteiger partial charge in [-0.05, 0) is 6.07 Å². The molecular formula is C9H9F5N2O2. The molecule has 9 heteroatoms. The summed E-state index contributed by atoms with van der Waals surface area (Å²) in [7, 11) is 0. The number of hydrogen-bond acceptors (Lipinski definition) is 4. The van der Waals surface area contributed by atoms with Crippen molar-refractivity contribution in [2.24, 2.45) is 5.73 Å². The minimum atomic E-state index is -5.14. The number of ether oxygens (including phenoxy) is 1. The Hall–Kier alpha value is -1.48. The first kappa shape index (κ1) is 14.6. The van der Waals surface area contributed by atoms with E-state index in [4.69, 9.17) is 10.8 Å². The Bertz CT molecular complexity index is 422. The zero-order valence-electron chi connectivity index (χ0n) is 8.84. The van der Waals surface area contributed by atoms with Crippen molar-refractivity contribution in [2.45, 2.75) is 25.9 Å². The molecule has 0 atom stereocenters. The SMILES string of the molecule is NCc1nc(OC(F)(F)F)c(C(F)F)cc1CO. The summed E-state index contributed by atoms with van der Waals surface area (Å²) in [5, 5.41) is 8.88. The third-order valence-corrected chi connectivity index (χ3v) is 2.00. The quantitative estimate of drug-likeness (QED) is 0.821. The average molecular weight is 272 g/mol. The molecule has 1 heterocycles. The number of aliphatic hydroxyl groups is 1. The highest BCUT2D eigenvalue weighted by Gasteiger charge is 2.34. The molecule has 0 saturated heterocycles. The van der Waals surface area contributed by atoms with E-state index in [1.165, 1.54) is 0 Å². The molecule has 1 aromatic heterocycles. The number of pyridine rings is 1. The van der Waals surface area contributed by atoms with Crippen LogP contribution in [0.5, 0.6) is 5.88 Å². The maximum atomic E-state index is 12.6. The van der Waals surface area contributed by atoms with E-state index in [2.05, 4.69) is 9.72 Å². The zero-order valence-corrected chi connectivity index (χ0v) is 8.84. The number of rotatable bonds is 4. The second-order valence-corrected chi connectivity index (χ2v) is 3.20. The van der Waals surface area contributed by atoms with Crippen LogP contribution in [-0.4, -0.2) is 16.5 Å². The molecule has 0 aromatic carbocycles. The number of alkyl halides is 5. The van der Waals surface area contributed by atoms with Crippen LogP contribution in [0.2, 0.25) is 0 Å². The van der Waals surface area contributed by atoms with E-state index in [0.29, 0.717) is 6.07 Å². The first-order valence-corrected chi connectivity index (χ1v) is 4.66. The van der Waals surface area contributed by atoms with Crippen molar-refractivity contribution >= 4 is 0 Å². The highest BCUT2D eigenvalue weighted by atomic mass is 19.4. The lowest BCUT2D eigenvalue weighted by Crippen LogP contribution is -2.20. The average Bonchev–Trinajstić information content (AvgIpc) is 2.25. The first-order valence-electron chi connectivity index (χ1n) is 4.66. The van der Waals surface area contributed by atoms with Crippen molar-refractivity contribution in [3.8, 4) is 5.88 Å². The van der Waals surface area contributed by atoms with Gasteiger partial charge in [-0.2, -0.15) is 0 Å². The minimum Gasteiger partial charge on any atom is -0.392 e. The van der Waals surface area contributed by atoms with Gasteiger partial charge in [0.2, 0.25) is 5.88 Å². The number of aromatic nitrogens is 1. The van der Waals surface area contributed by atoms with Crippen molar-refractivity contribution in [1.29, 1.82) is 0 Å². The molecule has 0 aliphatic rings. The molecule has 0 aliphatic heterocycles. The summed E-state index contributed by atoms with van der Waals surface area (Å²) in [6, 6.07) is 0.695. The largest absolute Gasteiger partial charge is 0.574 e. The fourth-order valence-electron chi connectivity index (χ4n) is 1.25. The van der Waals surface area contributed by atoms with Gasteiger partial charge in [-0.3, -0.25) is 0 Å². The molecule has 3 N–H and O–H groups in total. The lowest BCUT2D eigenvalue weighted by Gasteiger charge is -2.15. The zero-order chi connectivity index (χ0) is 13.9. The van der Waals surface area contributed by atoms with Crippen LogP contribution in [0.4, 0.5) is 22.0 Å². The van der Waals surface area contributed by atoms with E-state index >= 15 is 0 Å². The normalized spacial score (nSPS) is 12.0. The van der Waals surface area contributed by atoms with E-state index in [9.17, 15) is 22.0 Å². The van der Waals surface area contributed by atoms with E-state index < -0.39 is 30.8 Å². The monoisotopic (exact) mass is 272 g/mol. The predicted molar refractivity (Wildman–Crippen MR) is 49.7 cm³/mol. The standard InChI is InChI=1S/C9H9F5N2O2/c10-7(11)5-1-4(3-17)6(2-15)16-8(5)18-9(12,13)14/h1,7,17H,2-3,15H2. The molecule has 102 valence electrons. The summed E-state index contributed by atoms with van der Waals surface area (Å²) in [5.41, 5.74) is 3.93. The van der Waals surface area contributed by atoms with Gasteiger partial charge in [0.15, 0.2) is 0 Å². The Morgan fingerprint density at radius 3 is 2.39 bits per heavy atom. The van der Waals surface area contributed by atoms with E-state index in [1.807, 2.05) is 0 Å². The number of halogens is 5. The third-order valence-electron chi connectivity index (χ3n) is 2.00. The van der Waals surface area contributed by atoms with Crippen molar-refractivity contribution in [3.63, 3.8) is 0 Å². The summed E-state index contributed by atoms with van der Waals surface area (Å²) in [6.45, 7) is -0.973. The molecule has 1 aromatic rings. The molecule has 0 radical (unpaired) electrons. The second-order valence-electron chi connectivity index (χ2n) is 3.20. The molecule has 0 saturated carbocycles. The Balaban J connectivity index is 3.29. The summed E-state index contributed by atoms with van der Waals surface area (Å²) in [5.74, 6) is -1.25. The van der Waals surface area contributed by atoms with Crippen molar-refractivity contribution < 1.29 is 31.8 Å². The highest BCUT2D eigenvalue weighted by molar-refractivity contribution is 5.35. The van der Waals surface area contributed by atoms with Crippen molar-refractivity contribution in [1.82, 2.24) is 4.98 Å².